The Morgan fingerprint density at radius 2 is 2.07 bits per heavy atom. The van der Waals surface area contributed by atoms with Crippen LogP contribution in [0.1, 0.15) is 18.9 Å². The molecule has 27 heavy (non-hydrogen) atoms. The first kappa shape index (κ1) is 16.0. The lowest BCUT2D eigenvalue weighted by molar-refractivity contribution is -0.117. The van der Waals surface area contributed by atoms with Crippen LogP contribution in [0.25, 0.3) is 11.0 Å². The molecular formula is C18H19N7O2. The average molecular weight is 365 g/mol. The van der Waals surface area contributed by atoms with Crippen molar-refractivity contribution in [2.75, 3.05) is 29.4 Å². The van der Waals surface area contributed by atoms with Crippen LogP contribution in [0.4, 0.5) is 11.6 Å². The minimum atomic E-state index is -0.0968. The standard InChI is InChI=1S/C18H19N7O2/c1-22-17(27)14-4-2-6-19-16(14)21-18(22)23-9-13(10-23)25-11-12(8-20-25)24-7-3-5-15(24)26/h2,4,6,8,11,13H,3,5,7,9-10H2,1H3. The maximum atomic E-state index is 12.5. The highest BCUT2D eigenvalue weighted by atomic mass is 16.2. The van der Waals surface area contributed by atoms with Gasteiger partial charge in [-0.25, -0.2) is 4.98 Å². The fourth-order valence-corrected chi connectivity index (χ4v) is 3.75. The monoisotopic (exact) mass is 365 g/mol. The summed E-state index contributed by atoms with van der Waals surface area (Å²) < 4.78 is 3.46. The quantitative estimate of drug-likeness (QED) is 0.679. The zero-order chi connectivity index (χ0) is 18.5. The molecule has 9 nitrogen and oxygen atoms in total. The summed E-state index contributed by atoms with van der Waals surface area (Å²) in [6.45, 7) is 2.17. The number of carbonyl (C=O) groups excluding carboxylic acids is 1. The van der Waals surface area contributed by atoms with Gasteiger partial charge in [0.1, 0.15) is 0 Å². The Balaban J connectivity index is 1.36. The third kappa shape index (κ3) is 2.49. The highest BCUT2D eigenvalue weighted by Crippen LogP contribution is 2.28. The molecule has 5 rings (SSSR count). The van der Waals surface area contributed by atoms with Crippen LogP contribution < -0.4 is 15.4 Å². The first-order valence-electron chi connectivity index (χ1n) is 9.03. The number of carbonyl (C=O) groups is 1. The second-order valence-corrected chi connectivity index (χ2v) is 7.04. The van der Waals surface area contributed by atoms with Gasteiger partial charge in [0.15, 0.2) is 5.65 Å². The zero-order valence-corrected chi connectivity index (χ0v) is 14.9. The van der Waals surface area contributed by atoms with E-state index in [2.05, 4.69) is 15.1 Å². The van der Waals surface area contributed by atoms with Gasteiger partial charge in [0.05, 0.1) is 23.3 Å². The number of hydrogen-bond acceptors (Lipinski definition) is 6. The smallest absolute Gasteiger partial charge is 0.264 e. The minimum Gasteiger partial charge on any atom is -0.338 e. The van der Waals surface area contributed by atoms with Crippen molar-refractivity contribution in [3.05, 3.63) is 41.1 Å². The molecule has 2 saturated heterocycles. The van der Waals surface area contributed by atoms with Gasteiger partial charge in [0, 0.05) is 45.5 Å². The predicted octanol–water partition coefficient (Wildman–Crippen LogP) is 0.713. The summed E-state index contributed by atoms with van der Waals surface area (Å²) in [5.74, 6) is 0.775. The number of amides is 1. The molecule has 3 aromatic rings. The van der Waals surface area contributed by atoms with E-state index in [0.717, 1.165) is 18.7 Å². The van der Waals surface area contributed by atoms with E-state index in [0.29, 0.717) is 36.5 Å². The fraction of sp³-hybridized carbons (Fsp3) is 0.389. The largest absolute Gasteiger partial charge is 0.338 e. The lowest BCUT2D eigenvalue weighted by Crippen LogP contribution is -2.50. The van der Waals surface area contributed by atoms with E-state index >= 15 is 0 Å². The van der Waals surface area contributed by atoms with Crippen molar-refractivity contribution in [2.45, 2.75) is 18.9 Å². The maximum Gasteiger partial charge on any atom is 0.264 e. The molecule has 9 heteroatoms. The third-order valence-corrected chi connectivity index (χ3v) is 5.32. The number of pyridine rings is 1. The van der Waals surface area contributed by atoms with Crippen molar-refractivity contribution in [2.24, 2.45) is 7.05 Å². The van der Waals surface area contributed by atoms with Crippen molar-refractivity contribution in [3.63, 3.8) is 0 Å². The lowest BCUT2D eigenvalue weighted by atomic mass is 10.1. The molecule has 5 heterocycles. The second-order valence-electron chi connectivity index (χ2n) is 7.04. The van der Waals surface area contributed by atoms with Crippen molar-refractivity contribution >= 4 is 28.6 Å². The topological polar surface area (TPSA) is 89.2 Å². The number of aromatic nitrogens is 5. The molecule has 3 aromatic heterocycles. The van der Waals surface area contributed by atoms with Gasteiger partial charge in [0.2, 0.25) is 11.9 Å². The van der Waals surface area contributed by atoms with E-state index in [1.165, 1.54) is 0 Å². The second kappa shape index (κ2) is 5.90. The molecule has 0 spiro atoms. The van der Waals surface area contributed by atoms with Crippen molar-refractivity contribution in [1.29, 1.82) is 0 Å². The summed E-state index contributed by atoms with van der Waals surface area (Å²) in [4.78, 5) is 37.0. The summed E-state index contributed by atoms with van der Waals surface area (Å²) in [7, 11) is 1.73. The summed E-state index contributed by atoms with van der Waals surface area (Å²) in [5, 5.41) is 4.95. The molecule has 0 unspecified atom stereocenters. The Bertz CT molecular complexity index is 1100. The van der Waals surface area contributed by atoms with Crippen LogP contribution >= 0.6 is 0 Å². The molecule has 1 amide bonds. The van der Waals surface area contributed by atoms with Gasteiger partial charge in [-0.1, -0.05) is 0 Å². The van der Waals surface area contributed by atoms with Gasteiger partial charge in [-0.05, 0) is 18.6 Å². The van der Waals surface area contributed by atoms with Crippen molar-refractivity contribution in [3.8, 4) is 0 Å². The van der Waals surface area contributed by atoms with Gasteiger partial charge >= 0.3 is 0 Å². The molecule has 138 valence electrons. The minimum absolute atomic E-state index is 0.0968. The molecule has 2 aliphatic heterocycles. The summed E-state index contributed by atoms with van der Waals surface area (Å²) in [6.07, 6.45) is 6.83. The van der Waals surface area contributed by atoms with E-state index in [-0.39, 0.29) is 17.5 Å². The van der Waals surface area contributed by atoms with E-state index < -0.39 is 0 Å². The molecule has 0 aliphatic carbocycles. The van der Waals surface area contributed by atoms with Crippen LogP contribution in [0.15, 0.2) is 35.5 Å². The van der Waals surface area contributed by atoms with Gasteiger partial charge < -0.3 is 9.80 Å². The SMILES string of the molecule is Cn1c(N2CC(n3cc(N4CCCC4=O)cn3)C2)nc2ncccc2c1=O. The van der Waals surface area contributed by atoms with Gasteiger partial charge in [0.25, 0.3) is 5.56 Å². The molecule has 0 radical (unpaired) electrons. The lowest BCUT2D eigenvalue weighted by Gasteiger charge is -2.40. The van der Waals surface area contributed by atoms with Crippen LogP contribution in [0, 0.1) is 0 Å². The molecule has 2 fully saturated rings. The molecule has 0 saturated carbocycles. The van der Waals surface area contributed by atoms with Crippen molar-refractivity contribution < 1.29 is 4.79 Å². The van der Waals surface area contributed by atoms with Crippen LogP contribution in [0.2, 0.25) is 0 Å². The first-order chi connectivity index (χ1) is 13.1. The maximum absolute atomic E-state index is 12.5. The van der Waals surface area contributed by atoms with E-state index in [1.807, 2.05) is 15.8 Å². The zero-order valence-electron chi connectivity index (χ0n) is 14.9. The van der Waals surface area contributed by atoms with Gasteiger partial charge in [-0.2, -0.15) is 10.1 Å². The Morgan fingerprint density at radius 3 is 2.85 bits per heavy atom. The highest BCUT2D eigenvalue weighted by molar-refractivity contribution is 5.95. The van der Waals surface area contributed by atoms with E-state index in [9.17, 15) is 9.59 Å². The number of rotatable bonds is 3. The normalized spacial score (nSPS) is 17.7. The van der Waals surface area contributed by atoms with Crippen LogP contribution in [-0.4, -0.2) is 49.9 Å². The van der Waals surface area contributed by atoms with Crippen LogP contribution in [-0.2, 0) is 11.8 Å². The average Bonchev–Trinajstić information content (AvgIpc) is 3.27. The third-order valence-electron chi connectivity index (χ3n) is 5.32. The molecule has 2 aliphatic rings. The summed E-state index contributed by atoms with van der Waals surface area (Å²) in [6, 6.07) is 3.67. The van der Waals surface area contributed by atoms with Crippen LogP contribution in [0.3, 0.4) is 0 Å². The number of fused-ring (bicyclic) bond motifs is 1. The molecule has 0 aromatic carbocycles. The molecule has 0 bridgehead atoms. The Labute approximate surface area is 154 Å². The van der Waals surface area contributed by atoms with Gasteiger partial charge in [-0.15, -0.1) is 0 Å². The predicted molar refractivity (Wildman–Crippen MR) is 99.8 cm³/mol. The number of nitrogens with zero attached hydrogens (tertiary/aromatic N) is 7. The Hall–Kier alpha value is -3.23. The Morgan fingerprint density at radius 1 is 1.22 bits per heavy atom. The van der Waals surface area contributed by atoms with Crippen molar-refractivity contribution in [1.82, 2.24) is 24.3 Å². The molecular weight excluding hydrogens is 346 g/mol. The van der Waals surface area contributed by atoms with E-state index in [1.54, 1.807) is 41.0 Å². The van der Waals surface area contributed by atoms with Crippen LogP contribution in [0.5, 0.6) is 0 Å². The van der Waals surface area contributed by atoms with Gasteiger partial charge in [-0.3, -0.25) is 18.8 Å². The number of hydrogen-bond donors (Lipinski definition) is 0. The highest BCUT2D eigenvalue weighted by Gasteiger charge is 2.33. The number of anilines is 2. The molecule has 0 N–H and O–H groups in total. The summed E-state index contributed by atoms with van der Waals surface area (Å²) in [5.41, 5.74) is 1.23. The molecule has 0 atom stereocenters. The first-order valence-corrected chi connectivity index (χ1v) is 9.03. The fourth-order valence-electron chi connectivity index (χ4n) is 3.75. The Kier molecular flexibility index (Phi) is 3.49. The van der Waals surface area contributed by atoms with E-state index in [4.69, 9.17) is 0 Å². The summed E-state index contributed by atoms with van der Waals surface area (Å²) >= 11 is 0.